The maximum absolute atomic E-state index is 11.6. The lowest BCUT2D eigenvalue weighted by molar-refractivity contribution is -0.231. The summed E-state index contributed by atoms with van der Waals surface area (Å²) < 4.78 is 10.2. The number of benzene rings is 2. The van der Waals surface area contributed by atoms with Crippen LogP contribution in [0.15, 0.2) is 48.5 Å². The molecular weight excluding hydrogens is 376 g/mol. The molecule has 7 nitrogen and oxygen atoms in total. The van der Waals surface area contributed by atoms with Crippen LogP contribution in [0.5, 0.6) is 0 Å². The van der Waals surface area contributed by atoms with Crippen molar-refractivity contribution in [3.05, 3.63) is 70.8 Å². The normalized spacial score (nSPS) is 26.3. The van der Waals surface area contributed by atoms with Crippen molar-refractivity contribution in [2.24, 2.45) is 0 Å². The number of rotatable bonds is 3. The van der Waals surface area contributed by atoms with Crippen LogP contribution < -0.4 is 0 Å². The highest BCUT2D eigenvalue weighted by atomic mass is 16.5. The summed E-state index contributed by atoms with van der Waals surface area (Å²) in [7, 11) is 1.32. The van der Waals surface area contributed by atoms with Gasteiger partial charge in [0.25, 0.3) is 0 Å². The lowest BCUT2D eigenvalue weighted by Gasteiger charge is -2.40. The predicted molar refractivity (Wildman–Crippen MR) is 103 cm³/mol. The molecule has 0 aliphatic carbocycles. The fraction of sp³-hybridized carbons (Fsp3) is 0.318. The Morgan fingerprint density at radius 3 is 2.34 bits per heavy atom. The summed E-state index contributed by atoms with van der Waals surface area (Å²) in [5, 5.41) is 39.3. The van der Waals surface area contributed by atoms with E-state index in [9.17, 15) is 25.2 Å². The molecule has 1 heterocycles. The fourth-order valence-electron chi connectivity index (χ4n) is 3.12. The van der Waals surface area contributed by atoms with Crippen LogP contribution in [0.2, 0.25) is 0 Å². The van der Waals surface area contributed by atoms with Gasteiger partial charge in [-0.25, -0.2) is 4.79 Å². The number of aliphatic hydroxyl groups is 4. The van der Waals surface area contributed by atoms with Gasteiger partial charge in [0.2, 0.25) is 0 Å². The zero-order valence-electron chi connectivity index (χ0n) is 15.7. The molecule has 5 atom stereocenters. The van der Waals surface area contributed by atoms with Gasteiger partial charge in [-0.05, 0) is 35.9 Å². The van der Waals surface area contributed by atoms with E-state index in [1.165, 1.54) is 7.11 Å². The molecule has 7 heteroatoms. The minimum Gasteiger partial charge on any atom is -0.465 e. The molecule has 1 saturated heterocycles. The van der Waals surface area contributed by atoms with E-state index in [1.54, 1.807) is 48.5 Å². The number of esters is 1. The molecule has 0 unspecified atom stereocenters. The molecule has 2 aromatic carbocycles. The van der Waals surface area contributed by atoms with Gasteiger partial charge in [-0.3, -0.25) is 0 Å². The Bertz CT molecular complexity index is 911. The molecule has 0 saturated carbocycles. The topological polar surface area (TPSA) is 116 Å². The average molecular weight is 398 g/mol. The number of ether oxygens (including phenoxy) is 2. The van der Waals surface area contributed by atoms with Crippen molar-refractivity contribution in [3.8, 4) is 11.8 Å². The van der Waals surface area contributed by atoms with Gasteiger partial charge in [0, 0.05) is 11.1 Å². The van der Waals surface area contributed by atoms with Crippen molar-refractivity contribution < 1.29 is 34.7 Å². The summed E-state index contributed by atoms with van der Waals surface area (Å²) in [5.41, 5.74) is 2.35. The summed E-state index contributed by atoms with van der Waals surface area (Å²) in [6.45, 7) is -0.477. The van der Waals surface area contributed by atoms with Crippen LogP contribution in [0.1, 0.15) is 33.2 Å². The molecule has 4 N–H and O–H groups in total. The highest BCUT2D eigenvalue weighted by Crippen LogP contribution is 2.32. The van der Waals surface area contributed by atoms with E-state index in [4.69, 9.17) is 9.47 Å². The van der Waals surface area contributed by atoms with E-state index in [0.29, 0.717) is 22.3 Å². The molecule has 0 spiro atoms. The van der Waals surface area contributed by atoms with Crippen LogP contribution in [-0.4, -0.2) is 64.5 Å². The second kappa shape index (κ2) is 9.18. The Labute approximate surface area is 168 Å². The van der Waals surface area contributed by atoms with E-state index in [2.05, 4.69) is 11.8 Å². The van der Waals surface area contributed by atoms with Gasteiger partial charge >= 0.3 is 5.97 Å². The Morgan fingerprint density at radius 2 is 1.69 bits per heavy atom. The molecule has 0 amide bonds. The lowest BCUT2D eigenvalue weighted by Crippen LogP contribution is -2.55. The smallest absolute Gasteiger partial charge is 0.337 e. The summed E-state index contributed by atoms with van der Waals surface area (Å²) in [4.78, 5) is 11.6. The maximum atomic E-state index is 11.6. The first-order valence-electron chi connectivity index (χ1n) is 9.05. The highest BCUT2D eigenvalue weighted by molar-refractivity contribution is 5.89. The van der Waals surface area contributed by atoms with Crippen LogP contribution in [-0.2, 0) is 9.47 Å². The summed E-state index contributed by atoms with van der Waals surface area (Å²) in [5.74, 6) is 5.53. The molecule has 152 valence electrons. The third-order valence-corrected chi connectivity index (χ3v) is 4.77. The molecule has 0 bridgehead atoms. The standard InChI is InChI=1S/C22H22O7/c1-28-22(27)16-4-2-3-14(11-16)6-5-13-7-9-15(10-8-13)21-20(26)19(25)18(24)17(12-23)29-21/h2-4,7-11,17-21,23-26H,12H2,1H3/t17-,18-,19+,20+,21-/m1/s1. The maximum Gasteiger partial charge on any atom is 0.337 e. The number of methoxy groups -OCH3 is 1. The first kappa shape index (κ1) is 21.0. The molecule has 2 aromatic rings. The Balaban J connectivity index is 1.76. The van der Waals surface area contributed by atoms with Crippen LogP contribution in [0.25, 0.3) is 0 Å². The van der Waals surface area contributed by atoms with Gasteiger partial charge in [0.1, 0.15) is 30.5 Å². The molecule has 0 radical (unpaired) electrons. The number of aliphatic hydroxyl groups excluding tert-OH is 4. The summed E-state index contributed by atoms with van der Waals surface area (Å²) in [6.07, 6.45) is -5.99. The quantitative estimate of drug-likeness (QED) is 0.437. The van der Waals surface area contributed by atoms with E-state index >= 15 is 0 Å². The van der Waals surface area contributed by atoms with Gasteiger partial charge in [0.05, 0.1) is 19.3 Å². The van der Waals surface area contributed by atoms with Gasteiger partial charge in [-0.15, -0.1) is 0 Å². The number of hydrogen-bond acceptors (Lipinski definition) is 7. The van der Waals surface area contributed by atoms with Gasteiger partial charge in [-0.2, -0.15) is 0 Å². The average Bonchev–Trinajstić information content (AvgIpc) is 2.76. The summed E-state index contributed by atoms with van der Waals surface area (Å²) >= 11 is 0. The van der Waals surface area contributed by atoms with Crippen LogP contribution >= 0.6 is 0 Å². The third kappa shape index (κ3) is 4.65. The minimum atomic E-state index is -1.42. The zero-order valence-corrected chi connectivity index (χ0v) is 15.7. The Hall–Kier alpha value is -2.73. The number of carbonyl (C=O) groups excluding carboxylic acids is 1. The Morgan fingerprint density at radius 1 is 1.00 bits per heavy atom. The molecule has 1 aliphatic rings. The zero-order chi connectivity index (χ0) is 21.0. The third-order valence-electron chi connectivity index (χ3n) is 4.77. The van der Waals surface area contributed by atoms with Crippen LogP contribution in [0.3, 0.4) is 0 Å². The van der Waals surface area contributed by atoms with E-state index < -0.39 is 43.1 Å². The molecule has 1 fully saturated rings. The molecule has 0 aromatic heterocycles. The SMILES string of the molecule is COC(=O)c1cccc(C#Cc2ccc([C@H]3O[C@H](CO)[C@@H](O)[C@H](O)[C@@H]3O)cc2)c1. The molecule has 29 heavy (non-hydrogen) atoms. The van der Waals surface area contributed by atoms with Crippen molar-refractivity contribution in [2.45, 2.75) is 30.5 Å². The first-order valence-corrected chi connectivity index (χ1v) is 9.05. The van der Waals surface area contributed by atoms with Crippen LogP contribution in [0.4, 0.5) is 0 Å². The van der Waals surface area contributed by atoms with E-state index in [1.807, 2.05) is 0 Å². The largest absolute Gasteiger partial charge is 0.465 e. The Kier molecular flexibility index (Phi) is 6.64. The molecule has 3 rings (SSSR count). The van der Waals surface area contributed by atoms with Crippen molar-refractivity contribution in [1.82, 2.24) is 0 Å². The molecule has 1 aliphatic heterocycles. The summed E-state index contributed by atoms with van der Waals surface area (Å²) in [6, 6.07) is 13.6. The van der Waals surface area contributed by atoms with Crippen molar-refractivity contribution in [1.29, 1.82) is 0 Å². The fourth-order valence-corrected chi connectivity index (χ4v) is 3.12. The van der Waals surface area contributed by atoms with E-state index in [-0.39, 0.29) is 0 Å². The van der Waals surface area contributed by atoms with Gasteiger partial charge in [-0.1, -0.05) is 30.0 Å². The van der Waals surface area contributed by atoms with E-state index in [0.717, 1.165) is 0 Å². The molecular formula is C22H22O7. The minimum absolute atomic E-state index is 0.414. The number of hydrogen-bond donors (Lipinski definition) is 4. The predicted octanol–water partition coefficient (Wildman–Crippen LogP) is 0.388. The highest BCUT2D eigenvalue weighted by Gasteiger charge is 2.43. The second-order valence-electron chi connectivity index (χ2n) is 6.69. The monoisotopic (exact) mass is 398 g/mol. The van der Waals surface area contributed by atoms with Gasteiger partial charge < -0.3 is 29.9 Å². The van der Waals surface area contributed by atoms with Crippen molar-refractivity contribution >= 4 is 5.97 Å². The van der Waals surface area contributed by atoms with Crippen LogP contribution in [0, 0.1) is 11.8 Å². The number of carbonyl (C=O) groups is 1. The van der Waals surface area contributed by atoms with Crippen molar-refractivity contribution in [2.75, 3.05) is 13.7 Å². The van der Waals surface area contributed by atoms with Crippen molar-refractivity contribution in [3.63, 3.8) is 0 Å². The lowest BCUT2D eigenvalue weighted by atomic mass is 9.91. The van der Waals surface area contributed by atoms with Gasteiger partial charge in [0.15, 0.2) is 0 Å². The second-order valence-corrected chi connectivity index (χ2v) is 6.69. The first-order chi connectivity index (χ1) is 13.9.